The number of anilines is 1. The summed E-state index contributed by atoms with van der Waals surface area (Å²) in [6.07, 6.45) is 3.80. The summed E-state index contributed by atoms with van der Waals surface area (Å²) in [7, 11) is 0. The van der Waals surface area contributed by atoms with Crippen LogP contribution in [0.1, 0.15) is 5.56 Å². The lowest BCUT2D eigenvalue weighted by Gasteiger charge is -2.01. The number of hydrogen-bond donors (Lipinski definition) is 1. The van der Waals surface area contributed by atoms with E-state index in [4.69, 9.17) is 5.73 Å². The summed E-state index contributed by atoms with van der Waals surface area (Å²) in [5.74, 6) is 0.276. The first kappa shape index (κ1) is 10.2. The Hall–Kier alpha value is -1.37. The highest BCUT2D eigenvalue weighted by atomic mass is 79.9. The minimum Gasteiger partial charge on any atom is -0.366 e. The van der Waals surface area contributed by atoms with Crippen LogP contribution in [0.15, 0.2) is 17.1 Å². The molecule has 6 nitrogen and oxygen atoms in total. The molecular weight excluding hydrogens is 260 g/mol. The molecule has 0 saturated carbocycles. The molecule has 2 aromatic rings. The van der Waals surface area contributed by atoms with Crippen molar-refractivity contribution in [2.75, 3.05) is 5.73 Å². The molecule has 2 N–H and O–H groups in total. The molecule has 0 aliphatic heterocycles. The smallest absolute Gasteiger partial charge is 0.240 e. The molecule has 0 aliphatic rings. The van der Waals surface area contributed by atoms with Gasteiger partial charge in [0.1, 0.15) is 0 Å². The first-order valence-electron chi connectivity index (χ1n) is 4.50. The van der Waals surface area contributed by atoms with Crippen molar-refractivity contribution < 1.29 is 0 Å². The molecule has 2 aromatic heterocycles. The van der Waals surface area contributed by atoms with Gasteiger partial charge >= 0.3 is 0 Å². The van der Waals surface area contributed by atoms with E-state index in [-0.39, 0.29) is 5.95 Å². The first-order valence-corrected chi connectivity index (χ1v) is 5.29. The van der Waals surface area contributed by atoms with Gasteiger partial charge in [0, 0.05) is 6.20 Å². The van der Waals surface area contributed by atoms with Crippen LogP contribution in [0.25, 0.3) is 0 Å². The molecular formula is C8H11BrN6. The number of halogens is 1. The zero-order chi connectivity index (χ0) is 10.8. The predicted octanol–water partition coefficient (Wildman–Crippen LogP) is 0.828. The Morgan fingerprint density at radius 2 is 2.27 bits per heavy atom. The van der Waals surface area contributed by atoms with Gasteiger partial charge in [-0.15, -0.1) is 5.10 Å². The standard InChI is InChI=1S/C8H11BrN6/c1-6-4-11-14(5-6)2-3-15-7(9)12-8(10)13-15/h4-5H,2-3H2,1H3,(H2,10,13). The zero-order valence-corrected chi connectivity index (χ0v) is 9.85. The molecule has 2 heterocycles. The highest BCUT2D eigenvalue weighted by molar-refractivity contribution is 9.10. The molecule has 0 aromatic carbocycles. The average molecular weight is 271 g/mol. The monoisotopic (exact) mass is 270 g/mol. The van der Waals surface area contributed by atoms with E-state index in [1.807, 2.05) is 24.0 Å². The summed E-state index contributed by atoms with van der Waals surface area (Å²) in [5, 5.41) is 8.20. The fraction of sp³-hybridized carbons (Fsp3) is 0.375. The van der Waals surface area contributed by atoms with Gasteiger partial charge in [0.2, 0.25) is 5.95 Å². The largest absolute Gasteiger partial charge is 0.366 e. The Bertz CT molecular complexity index is 459. The van der Waals surface area contributed by atoms with Crippen LogP contribution in [0.3, 0.4) is 0 Å². The Balaban J connectivity index is 2.01. The van der Waals surface area contributed by atoms with Crippen LogP contribution in [0, 0.1) is 6.92 Å². The molecule has 0 fully saturated rings. The van der Waals surface area contributed by atoms with E-state index in [1.54, 1.807) is 4.68 Å². The third-order valence-electron chi connectivity index (χ3n) is 1.95. The fourth-order valence-corrected chi connectivity index (χ4v) is 1.71. The van der Waals surface area contributed by atoms with Gasteiger partial charge < -0.3 is 5.73 Å². The summed E-state index contributed by atoms with van der Waals surface area (Å²) in [5.41, 5.74) is 6.60. The van der Waals surface area contributed by atoms with E-state index >= 15 is 0 Å². The predicted molar refractivity (Wildman–Crippen MR) is 59.1 cm³/mol. The lowest BCUT2D eigenvalue weighted by Crippen LogP contribution is -2.09. The maximum atomic E-state index is 5.46. The van der Waals surface area contributed by atoms with Gasteiger partial charge in [-0.05, 0) is 28.4 Å². The van der Waals surface area contributed by atoms with Crippen molar-refractivity contribution in [2.45, 2.75) is 20.0 Å². The summed E-state index contributed by atoms with van der Waals surface area (Å²) < 4.78 is 4.20. The van der Waals surface area contributed by atoms with Crippen molar-refractivity contribution in [2.24, 2.45) is 0 Å². The van der Waals surface area contributed by atoms with Gasteiger partial charge in [-0.2, -0.15) is 10.1 Å². The summed E-state index contributed by atoms with van der Waals surface area (Å²) in [6.45, 7) is 3.44. The van der Waals surface area contributed by atoms with E-state index in [1.165, 1.54) is 0 Å². The van der Waals surface area contributed by atoms with E-state index in [2.05, 4.69) is 31.1 Å². The Morgan fingerprint density at radius 1 is 1.47 bits per heavy atom. The molecule has 15 heavy (non-hydrogen) atoms. The minimum atomic E-state index is 0.276. The van der Waals surface area contributed by atoms with Crippen LogP contribution in [0.2, 0.25) is 0 Å². The topological polar surface area (TPSA) is 74.5 Å². The van der Waals surface area contributed by atoms with Gasteiger partial charge in [-0.25, -0.2) is 4.68 Å². The molecule has 0 spiro atoms. The van der Waals surface area contributed by atoms with Crippen molar-refractivity contribution in [1.29, 1.82) is 0 Å². The summed E-state index contributed by atoms with van der Waals surface area (Å²) in [4.78, 5) is 3.95. The van der Waals surface area contributed by atoms with E-state index in [0.717, 1.165) is 12.1 Å². The molecule has 80 valence electrons. The van der Waals surface area contributed by atoms with Crippen LogP contribution >= 0.6 is 15.9 Å². The number of aromatic nitrogens is 5. The molecule has 7 heteroatoms. The van der Waals surface area contributed by atoms with Gasteiger partial charge in [0.05, 0.1) is 19.3 Å². The van der Waals surface area contributed by atoms with Gasteiger partial charge in [0.25, 0.3) is 0 Å². The number of rotatable bonds is 3. The molecule has 2 rings (SSSR count). The molecule has 0 atom stereocenters. The van der Waals surface area contributed by atoms with Crippen molar-refractivity contribution in [3.05, 3.63) is 22.7 Å². The molecule has 0 amide bonds. The average Bonchev–Trinajstić information content (AvgIpc) is 2.70. The molecule has 0 radical (unpaired) electrons. The summed E-state index contributed by atoms with van der Waals surface area (Å²) >= 11 is 3.28. The van der Waals surface area contributed by atoms with Crippen molar-refractivity contribution in [3.8, 4) is 0 Å². The van der Waals surface area contributed by atoms with Gasteiger partial charge in [-0.3, -0.25) is 4.68 Å². The third kappa shape index (κ3) is 2.35. The normalized spacial score (nSPS) is 10.8. The highest BCUT2D eigenvalue weighted by Crippen LogP contribution is 2.07. The lowest BCUT2D eigenvalue weighted by atomic mass is 10.4. The van der Waals surface area contributed by atoms with Gasteiger partial charge in [0.15, 0.2) is 4.73 Å². The zero-order valence-electron chi connectivity index (χ0n) is 8.26. The van der Waals surface area contributed by atoms with Crippen LogP contribution in [-0.2, 0) is 13.1 Å². The second-order valence-corrected chi connectivity index (χ2v) is 3.95. The lowest BCUT2D eigenvalue weighted by molar-refractivity contribution is 0.493. The maximum absolute atomic E-state index is 5.46. The Kier molecular flexibility index (Phi) is 2.72. The second-order valence-electron chi connectivity index (χ2n) is 3.24. The van der Waals surface area contributed by atoms with Crippen LogP contribution < -0.4 is 5.73 Å². The SMILES string of the molecule is Cc1cnn(CCn2nc(N)nc2Br)c1. The number of hydrogen-bond acceptors (Lipinski definition) is 4. The van der Waals surface area contributed by atoms with Crippen molar-refractivity contribution in [3.63, 3.8) is 0 Å². The molecule has 0 bridgehead atoms. The first-order chi connectivity index (χ1) is 7.15. The highest BCUT2D eigenvalue weighted by Gasteiger charge is 2.04. The van der Waals surface area contributed by atoms with E-state index in [0.29, 0.717) is 11.3 Å². The second kappa shape index (κ2) is 4.01. The van der Waals surface area contributed by atoms with E-state index < -0.39 is 0 Å². The van der Waals surface area contributed by atoms with Gasteiger partial charge in [-0.1, -0.05) is 0 Å². The van der Waals surface area contributed by atoms with Crippen molar-refractivity contribution >= 4 is 21.9 Å². The number of nitrogens with zero attached hydrogens (tertiary/aromatic N) is 5. The molecule has 0 saturated heterocycles. The number of nitrogen functional groups attached to an aromatic ring is 1. The number of nitrogens with two attached hydrogens (primary N) is 1. The quantitative estimate of drug-likeness (QED) is 0.897. The molecule has 0 aliphatic carbocycles. The van der Waals surface area contributed by atoms with Crippen LogP contribution in [0.5, 0.6) is 0 Å². The summed E-state index contributed by atoms with van der Waals surface area (Å²) in [6, 6.07) is 0. The fourth-order valence-electron chi connectivity index (χ4n) is 1.27. The molecule has 0 unspecified atom stereocenters. The minimum absolute atomic E-state index is 0.276. The Morgan fingerprint density at radius 3 is 2.80 bits per heavy atom. The maximum Gasteiger partial charge on any atom is 0.240 e. The van der Waals surface area contributed by atoms with Crippen LogP contribution in [-0.4, -0.2) is 24.5 Å². The Labute approximate surface area is 95.2 Å². The number of aryl methyl sites for hydroxylation is 3. The van der Waals surface area contributed by atoms with E-state index in [9.17, 15) is 0 Å². The third-order valence-corrected chi connectivity index (χ3v) is 2.53. The van der Waals surface area contributed by atoms with Crippen LogP contribution in [0.4, 0.5) is 5.95 Å². The van der Waals surface area contributed by atoms with Crippen molar-refractivity contribution in [1.82, 2.24) is 24.5 Å².